The van der Waals surface area contributed by atoms with Crippen LogP contribution in [0, 0.1) is 19.3 Å². The number of ether oxygens (including phenoxy) is 1. The summed E-state index contributed by atoms with van der Waals surface area (Å²) in [5.41, 5.74) is 2.33. The number of terminal acetylenes is 1. The summed E-state index contributed by atoms with van der Waals surface area (Å²) in [6.45, 7) is 8.23. The maximum atomic E-state index is 6.53. The number of amidine groups is 1. The third-order valence-corrected chi connectivity index (χ3v) is 6.11. The molecule has 0 radical (unpaired) electrons. The third-order valence-electron chi connectivity index (χ3n) is 4.69. The van der Waals surface area contributed by atoms with Gasteiger partial charge in [0.2, 0.25) is 0 Å². The molecule has 0 atom stereocenters. The number of nitrogens with zero attached hydrogens (tertiary/aromatic N) is 4. The Morgan fingerprint density at radius 2 is 2.11 bits per heavy atom. The Morgan fingerprint density at radius 3 is 2.73 bits per heavy atom. The first-order valence-corrected chi connectivity index (χ1v) is 13.2. The van der Waals surface area contributed by atoms with Crippen LogP contribution < -0.4 is 10.1 Å². The Morgan fingerprint density at radius 1 is 1.35 bits per heavy atom. The second kappa shape index (κ2) is 15.9. The van der Waals surface area contributed by atoms with Crippen molar-refractivity contribution in [1.29, 1.82) is 0 Å². The van der Waals surface area contributed by atoms with Gasteiger partial charge in [0.1, 0.15) is 22.4 Å². The van der Waals surface area contributed by atoms with Crippen molar-refractivity contribution in [2.45, 2.75) is 40.5 Å². The lowest BCUT2D eigenvalue weighted by Crippen LogP contribution is -2.17. The van der Waals surface area contributed by atoms with Crippen molar-refractivity contribution in [2.75, 3.05) is 11.9 Å². The predicted molar refractivity (Wildman–Crippen MR) is 161 cm³/mol. The molecule has 0 saturated carbocycles. The van der Waals surface area contributed by atoms with Gasteiger partial charge in [-0.15, -0.1) is 12.3 Å². The first kappa shape index (κ1) is 30.2. The molecule has 3 rings (SSSR count). The summed E-state index contributed by atoms with van der Waals surface area (Å²) >= 11 is 16.2. The van der Waals surface area contributed by atoms with Crippen LogP contribution in [0.5, 0.6) is 5.75 Å². The summed E-state index contributed by atoms with van der Waals surface area (Å²) in [7, 11) is 0. The van der Waals surface area contributed by atoms with Crippen LogP contribution in [0.1, 0.15) is 44.9 Å². The Kier molecular flexibility index (Phi) is 13.0. The van der Waals surface area contributed by atoms with Crippen molar-refractivity contribution < 1.29 is 4.74 Å². The molecule has 0 saturated heterocycles. The molecule has 0 bridgehead atoms. The van der Waals surface area contributed by atoms with Crippen LogP contribution in [0.15, 0.2) is 75.2 Å². The fourth-order valence-corrected chi connectivity index (χ4v) is 3.82. The molecule has 6 nitrogen and oxygen atoms in total. The van der Waals surface area contributed by atoms with Gasteiger partial charge in [0.25, 0.3) is 0 Å². The molecule has 0 amide bonds. The van der Waals surface area contributed by atoms with E-state index in [1.165, 1.54) is 0 Å². The quantitative estimate of drug-likeness (QED) is 0.143. The molecule has 0 spiro atoms. The van der Waals surface area contributed by atoms with Gasteiger partial charge in [-0.25, -0.2) is 9.98 Å². The topological polar surface area (TPSA) is 62.1 Å². The van der Waals surface area contributed by atoms with Crippen LogP contribution in [0.3, 0.4) is 0 Å². The van der Waals surface area contributed by atoms with Gasteiger partial charge >= 0.3 is 0 Å². The molecule has 1 N–H and O–H groups in total. The fraction of sp³-hybridized carbons (Fsp3) is 0.250. The van der Waals surface area contributed by atoms with Crippen molar-refractivity contribution in [3.63, 3.8) is 0 Å². The number of allylic oxidation sites excluding steroid dienone is 2. The Labute approximate surface area is 238 Å². The number of aryl methyl sites for hydroxylation is 1. The van der Waals surface area contributed by atoms with Gasteiger partial charge in [0.15, 0.2) is 5.84 Å². The maximum absolute atomic E-state index is 6.53. The van der Waals surface area contributed by atoms with Gasteiger partial charge in [0, 0.05) is 24.3 Å². The molecule has 37 heavy (non-hydrogen) atoms. The van der Waals surface area contributed by atoms with E-state index in [1.54, 1.807) is 25.4 Å². The van der Waals surface area contributed by atoms with Crippen molar-refractivity contribution in [3.05, 3.63) is 86.6 Å². The van der Waals surface area contributed by atoms with Crippen LogP contribution in [-0.4, -0.2) is 28.6 Å². The number of anilines is 1. The molecule has 1 aliphatic heterocycles. The Bertz CT molecular complexity index is 1260. The normalized spacial score (nSPS) is 13.3. The minimum atomic E-state index is 0.367. The van der Waals surface area contributed by atoms with E-state index < -0.39 is 0 Å². The van der Waals surface area contributed by atoms with Crippen molar-refractivity contribution >= 4 is 56.9 Å². The molecule has 0 unspecified atom stereocenters. The number of benzene rings is 1. The number of halogens is 3. The Hall–Kier alpha value is -3.05. The smallest absolute Gasteiger partial charge is 0.156 e. The summed E-state index contributed by atoms with van der Waals surface area (Å²) in [4.78, 5) is 9.12. The first-order chi connectivity index (χ1) is 17.8. The van der Waals surface area contributed by atoms with E-state index in [-0.39, 0.29) is 0 Å². The molecular formula is C28H30BrCl2N5O. The average molecular weight is 603 g/mol. The molecule has 2 aromatic rings. The van der Waals surface area contributed by atoms with Gasteiger partial charge < -0.3 is 10.1 Å². The highest BCUT2D eigenvalue weighted by molar-refractivity contribution is 9.10. The van der Waals surface area contributed by atoms with Crippen LogP contribution in [-0.2, 0) is 0 Å². The fourth-order valence-electron chi connectivity index (χ4n) is 3.03. The molecule has 0 fully saturated rings. The number of hydrogen-bond donors (Lipinski definition) is 1. The van der Waals surface area contributed by atoms with Crippen LogP contribution in [0.2, 0.25) is 10.2 Å². The zero-order valence-corrected chi connectivity index (χ0v) is 24.4. The molecule has 1 aromatic heterocycles. The number of unbranched alkanes of at least 4 members (excludes halogenated alkanes) is 1. The van der Waals surface area contributed by atoms with Crippen molar-refractivity contribution in [1.82, 2.24) is 9.99 Å². The highest BCUT2D eigenvalue weighted by atomic mass is 79.9. The summed E-state index contributed by atoms with van der Waals surface area (Å²) < 4.78 is 6.69. The number of pyridine rings is 1. The molecule has 2 heterocycles. The van der Waals surface area contributed by atoms with Gasteiger partial charge in [-0.2, -0.15) is 5.10 Å². The molecule has 1 aliphatic rings. The van der Waals surface area contributed by atoms with E-state index in [9.17, 15) is 0 Å². The molecule has 0 aliphatic carbocycles. The number of hydrogen-bond acceptors (Lipinski definition) is 5. The summed E-state index contributed by atoms with van der Waals surface area (Å²) in [5.74, 6) is 4.08. The van der Waals surface area contributed by atoms with Gasteiger partial charge in [-0.1, -0.05) is 42.6 Å². The van der Waals surface area contributed by atoms with Gasteiger partial charge in [0.05, 0.1) is 16.0 Å². The van der Waals surface area contributed by atoms with Crippen LogP contribution in [0.25, 0.3) is 0 Å². The number of rotatable bonds is 8. The molecule has 194 valence electrons. The zero-order chi connectivity index (χ0) is 27.2. The van der Waals surface area contributed by atoms with E-state index in [4.69, 9.17) is 27.9 Å². The average Bonchev–Trinajstić information content (AvgIpc) is 2.87. The van der Waals surface area contributed by atoms with Crippen LogP contribution in [0.4, 0.5) is 5.69 Å². The van der Waals surface area contributed by atoms with E-state index >= 15 is 0 Å². The number of aliphatic imine (C=N–C) groups is 1. The van der Waals surface area contributed by atoms with E-state index in [2.05, 4.69) is 55.6 Å². The van der Waals surface area contributed by atoms with E-state index in [1.807, 2.05) is 61.5 Å². The second-order valence-corrected chi connectivity index (χ2v) is 9.28. The zero-order valence-electron chi connectivity index (χ0n) is 21.3. The lowest BCUT2D eigenvalue weighted by atomic mass is 10.2. The monoisotopic (exact) mass is 601 g/mol. The standard InChI is InChI=1S/C25H26BrCl2N5O.C3H4/c1-4-6-7-12-29-25(23-17(3)15-20(26)24(28)32-23)31-18-8-9-22(21(27)16-18)34-19-10-13-33(14-11-19)30-5-2;1-3-2/h5,7-13,15-16H,4,6,14H2,1-3H3,(H,29,31);1H,2H3/b12-7+,30-5-;. The minimum absolute atomic E-state index is 0.367. The number of aromatic nitrogens is 1. The van der Waals surface area contributed by atoms with Gasteiger partial charge in [-0.3, -0.25) is 5.01 Å². The summed E-state index contributed by atoms with van der Waals surface area (Å²) in [6, 6.07) is 7.40. The molecule has 1 aromatic carbocycles. The highest BCUT2D eigenvalue weighted by Gasteiger charge is 2.14. The van der Waals surface area contributed by atoms with Crippen molar-refractivity contribution in [2.24, 2.45) is 10.1 Å². The highest BCUT2D eigenvalue weighted by Crippen LogP contribution is 2.30. The predicted octanol–water partition coefficient (Wildman–Crippen LogP) is 8.37. The summed E-state index contributed by atoms with van der Waals surface area (Å²) in [5, 5.41) is 10.2. The van der Waals surface area contributed by atoms with Crippen LogP contribution >= 0.6 is 39.1 Å². The maximum Gasteiger partial charge on any atom is 0.156 e. The third kappa shape index (κ3) is 9.73. The minimum Gasteiger partial charge on any atom is -0.456 e. The number of nitrogens with one attached hydrogen (secondary N) is 1. The summed E-state index contributed by atoms with van der Waals surface area (Å²) in [6.07, 6.45) is 17.7. The number of hydrazone groups is 1. The second-order valence-electron chi connectivity index (χ2n) is 7.66. The largest absolute Gasteiger partial charge is 0.456 e. The Balaban J connectivity index is 0.00000153. The molecular weight excluding hydrogens is 573 g/mol. The van der Waals surface area contributed by atoms with E-state index in [0.717, 1.165) is 28.6 Å². The molecule has 9 heteroatoms. The lowest BCUT2D eigenvalue weighted by molar-refractivity contribution is 0.395. The SMILES string of the molecule is C#CC.C/C=N\N1C=CC(Oc2ccc(NC(=N/C=C/CCC)c3nc(Cl)c(Br)cc3C)cc2Cl)=CC1. The van der Waals surface area contributed by atoms with Crippen molar-refractivity contribution in [3.8, 4) is 18.1 Å². The van der Waals surface area contributed by atoms with Gasteiger partial charge in [-0.05, 0) is 85.1 Å². The first-order valence-electron chi connectivity index (χ1n) is 11.6. The lowest BCUT2D eigenvalue weighted by Gasteiger charge is -2.18. The van der Waals surface area contributed by atoms with E-state index in [0.29, 0.717) is 39.8 Å².